The summed E-state index contributed by atoms with van der Waals surface area (Å²) in [5, 5.41) is 10.6. The molecule has 1 aliphatic heterocycles. The number of rotatable bonds is 6. The second-order valence-corrected chi connectivity index (χ2v) is 5.39. The summed E-state index contributed by atoms with van der Waals surface area (Å²) in [6.07, 6.45) is 3.32. The predicted octanol–water partition coefficient (Wildman–Crippen LogP) is -0.327. The van der Waals surface area contributed by atoms with Gasteiger partial charge in [-0.3, -0.25) is 9.59 Å². The van der Waals surface area contributed by atoms with Gasteiger partial charge in [0.05, 0.1) is 37.7 Å². The van der Waals surface area contributed by atoms with Crippen molar-refractivity contribution in [3.8, 4) is 0 Å². The molecule has 0 bridgehead atoms. The van der Waals surface area contributed by atoms with Crippen LogP contribution in [0.2, 0.25) is 0 Å². The summed E-state index contributed by atoms with van der Waals surface area (Å²) < 4.78 is 7.12. The summed E-state index contributed by atoms with van der Waals surface area (Å²) in [7, 11) is 0. The molecule has 0 aromatic carbocycles. The highest BCUT2D eigenvalue weighted by Gasteiger charge is 2.29. The van der Waals surface area contributed by atoms with Gasteiger partial charge in [0.2, 0.25) is 0 Å². The van der Waals surface area contributed by atoms with E-state index in [9.17, 15) is 9.59 Å². The Bertz CT molecular complexity index is 687. The molecule has 0 saturated carbocycles. The molecular weight excluding hydrogens is 336 g/mol. The Labute approximate surface area is 144 Å². The largest absolute Gasteiger partial charge is 0.379 e. The molecular formula is C14H19ClN6O3. The molecule has 1 saturated heterocycles. The van der Waals surface area contributed by atoms with Crippen molar-refractivity contribution in [3.05, 3.63) is 35.9 Å². The monoisotopic (exact) mass is 354 g/mol. The quantitative estimate of drug-likeness (QED) is 0.481. The highest BCUT2D eigenvalue weighted by atomic mass is 35.5. The van der Waals surface area contributed by atoms with E-state index in [-0.39, 0.29) is 36.6 Å². The van der Waals surface area contributed by atoms with Gasteiger partial charge in [-0.05, 0) is 18.7 Å². The van der Waals surface area contributed by atoms with Crippen molar-refractivity contribution in [3.63, 3.8) is 0 Å². The number of ether oxygens (including phenoxy) is 1. The van der Waals surface area contributed by atoms with Crippen molar-refractivity contribution < 1.29 is 14.3 Å². The Kier molecular flexibility index (Phi) is 6.07. The number of hydrogen-bond donors (Lipinski definition) is 3. The molecule has 3 rings (SSSR count). The lowest BCUT2D eigenvalue weighted by Crippen LogP contribution is -2.30. The van der Waals surface area contributed by atoms with Crippen LogP contribution < -0.4 is 11.1 Å². The van der Waals surface area contributed by atoms with E-state index in [0.717, 1.165) is 0 Å². The molecule has 2 aromatic rings. The van der Waals surface area contributed by atoms with Gasteiger partial charge < -0.3 is 20.8 Å². The minimum absolute atomic E-state index is 0. The number of Topliss-reactive ketones (excluding diaryl/α,β-unsaturated/α-hetero) is 1. The number of hydrogen-bond acceptors (Lipinski definition) is 6. The molecule has 0 aliphatic carbocycles. The molecule has 1 fully saturated rings. The summed E-state index contributed by atoms with van der Waals surface area (Å²) in [6.45, 7) is 1.80. The number of aromatic nitrogens is 4. The third-order valence-corrected chi connectivity index (χ3v) is 3.84. The summed E-state index contributed by atoms with van der Waals surface area (Å²) >= 11 is 0. The number of ketones is 1. The number of halogens is 1. The van der Waals surface area contributed by atoms with Gasteiger partial charge in [-0.15, -0.1) is 17.5 Å². The molecule has 10 heteroatoms. The van der Waals surface area contributed by atoms with E-state index in [1.54, 1.807) is 29.2 Å². The van der Waals surface area contributed by atoms with Crippen LogP contribution in [-0.4, -0.2) is 51.4 Å². The lowest BCUT2D eigenvalue weighted by molar-refractivity contribution is -0.117. The van der Waals surface area contributed by atoms with Gasteiger partial charge in [-0.1, -0.05) is 5.21 Å². The first-order valence-electron chi connectivity index (χ1n) is 7.33. The number of carbonyl (C=O) groups excluding carboxylic acids is 2. The van der Waals surface area contributed by atoms with Crippen molar-refractivity contribution >= 4 is 24.1 Å². The molecule has 9 nitrogen and oxygen atoms in total. The summed E-state index contributed by atoms with van der Waals surface area (Å²) in [5.41, 5.74) is 6.53. The molecule has 3 heterocycles. The summed E-state index contributed by atoms with van der Waals surface area (Å²) in [6, 6.07) is 3.26. The number of H-pyrrole nitrogens is 1. The molecule has 0 spiro atoms. The van der Waals surface area contributed by atoms with Gasteiger partial charge in [-0.25, -0.2) is 4.68 Å². The summed E-state index contributed by atoms with van der Waals surface area (Å²) in [4.78, 5) is 26.3. The fraction of sp³-hybridized carbons (Fsp3) is 0.429. The molecule has 0 unspecified atom stereocenters. The minimum Gasteiger partial charge on any atom is -0.379 e. The molecule has 1 amide bonds. The van der Waals surface area contributed by atoms with Crippen LogP contribution in [0.5, 0.6) is 0 Å². The van der Waals surface area contributed by atoms with E-state index in [0.29, 0.717) is 25.5 Å². The highest BCUT2D eigenvalue weighted by Crippen LogP contribution is 2.23. The van der Waals surface area contributed by atoms with E-state index >= 15 is 0 Å². The molecule has 130 valence electrons. The topological polar surface area (TPSA) is 128 Å². The van der Waals surface area contributed by atoms with Crippen LogP contribution in [0.4, 0.5) is 0 Å². The third kappa shape index (κ3) is 3.81. The molecule has 2 aromatic heterocycles. The van der Waals surface area contributed by atoms with Crippen molar-refractivity contribution in [1.82, 2.24) is 25.3 Å². The second-order valence-electron chi connectivity index (χ2n) is 5.39. The third-order valence-electron chi connectivity index (χ3n) is 3.84. The SMILES string of the molecule is Cl.NC[C@@H]1COC[C@H]1n1cc(CNC(=O)C(=O)c2ccc[nH]2)nn1. The van der Waals surface area contributed by atoms with Crippen molar-refractivity contribution in [2.45, 2.75) is 12.6 Å². The fourth-order valence-electron chi connectivity index (χ4n) is 2.51. The zero-order valence-electron chi connectivity index (χ0n) is 12.8. The van der Waals surface area contributed by atoms with E-state index in [2.05, 4.69) is 20.6 Å². The van der Waals surface area contributed by atoms with Gasteiger partial charge in [0, 0.05) is 12.1 Å². The minimum atomic E-state index is -0.689. The maximum absolute atomic E-state index is 11.8. The Morgan fingerprint density at radius 1 is 1.46 bits per heavy atom. The second kappa shape index (κ2) is 8.04. The average Bonchev–Trinajstić information content (AvgIpc) is 3.32. The van der Waals surface area contributed by atoms with Crippen molar-refractivity contribution in [1.29, 1.82) is 0 Å². The molecule has 24 heavy (non-hydrogen) atoms. The van der Waals surface area contributed by atoms with Crippen LogP contribution in [0, 0.1) is 5.92 Å². The number of nitrogens with one attached hydrogen (secondary N) is 2. The fourth-order valence-corrected chi connectivity index (χ4v) is 2.51. The standard InChI is InChI=1S/C14H18N6O3.ClH/c15-4-9-7-23-8-12(9)20-6-10(18-19-20)5-17-14(22)13(21)11-2-1-3-16-11;/h1-3,6,9,12,16H,4-5,7-8,15H2,(H,17,22);1H/t9-,12-;/m1./s1. The van der Waals surface area contributed by atoms with Crippen LogP contribution in [0.15, 0.2) is 24.5 Å². The number of aromatic amines is 1. The van der Waals surface area contributed by atoms with Crippen LogP contribution in [0.3, 0.4) is 0 Å². The zero-order valence-corrected chi connectivity index (χ0v) is 13.7. The molecule has 2 atom stereocenters. The Balaban J connectivity index is 0.00000208. The average molecular weight is 355 g/mol. The Hall–Kier alpha value is -2.23. The van der Waals surface area contributed by atoms with Crippen LogP contribution in [-0.2, 0) is 16.1 Å². The molecule has 0 radical (unpaired) electrons. The van der Waals surface area contributed by atoms with E-state index in [1.807, 2.05) is 0 Å². The summed E-state index contributed by atoms with van der Waals surface area (Å²) in [5.74, 6) is -1.10. The van der Waals surface area contributed by atoms with Gasteiger partial charge in [-0.2, -0.15) is 0 Å². The Morgan fingerprint density at radius 2 is 2.29 bits per heavy atom. The Morgan fingerprint density at radius 3 is 3.00 bits per heavy atom. The van der Waals surface area contributed by atoms with Crippen LogP contribution >= 0.6 is 12.4 Å². The number of amides is 1. The van der Waals surface area contributed by atoms with Gasteiger partial charge >= 0.3 is 0 Å². The smallest absolute Gasteiger partial charge is 0.294 e. The van der Waals surface area contributed by atoms with Crippen molar-refractivity contribution in [2.75, 3.05) is 19.8 Å². The number of carbonyl (C=O) groups is 2. The first-order chi connectivity index (χ1) is 11.2. The van der Waals surface area contributed by atoms with E-state index in [1.165, 1.54) is 0 Å². The van der Waals surface area contributed by atoms with Gasteiger partial charge in [0.25, 0.3) is 11.7 Å². The van der Waals surface area contributed by atoms with Crippen LogP contribution in [0.1, 0.15) is 22.2 Å². The number of nitrogens with two attached hydrogens (primary N) is 1. The maximum Gasteiger partial charge on any atom is 0.294 e. The predicted molar refractivity (Wildman–Crippen MR) is 86.6 cm³/mol. The van der Waals surface area contributed by atoms with E-state index < -0.39 is 11.7 Å². The van der Waals surface area contributed by atoms with E-state index in [4.69, 9.17) is 10.5 Å². The lowest BCUT2D eigenvalue weighted by atomic mass is 10.0. The molecule has 4 N–H and O–H groups in total. The normalized spacial score (nSPS) is 19.7. The molecule has 1 aliphatic rings. The lowest BCUT2D eigenvalue weighted by Gasteiger charge is -2.14. The number of nitrogens with zero attached hydrogens (tertiary/aromatic N) is 3. The van der Waals surface area contributed by atoms with Gasteiger partial charge in [0.15, 0.2) is 0 Å². The zero-order chi connectivity index (χ0) is 16.2. The maximum atomic E-state index is 11.8. The van der Waals surface area contributed by atoms with Crippen molar-refractivity contribution in [2.24, 2.45) is 11.7 Å². The van der Waals surface area contributed by atoms with Gasteiger partial charge in [0.1, 0.15) is 5.69 Å². The highest BCUT2D eigenvalue weighted by molar-refractivity contribution is 6.42. The first kappa shape index (κ1) is 18.1. The van der Waals surface area contributed by atoms with Crippen LogP contribution in [0.25, 0.3) is 0 Å². The first-order valence-corrected chi connectivity index (χ1v) is 7.33.